The number of nitrogens with zero attached hydrogens (tertiary/aromatic N) is 1. The van der Waals surface area contributed by atoms with Crippen LogP contribution < -0.4 is 4.72 Å². The summed E-state index contributed by atoms with van der Waals surface area (Å²) in [7, 11) is -3.40. The van der Waals surface area contributed by atoms with Gasteiger partial charge in [-0.1, -0.05) is 19.8 Å². The number of rotatable bonds is 6. The van der Waals surface area contributed by atoms with Gasteiger partial charge in [0, 0.05) is 6.54 Å². The van der Waals surface area contributed by atoms with Crippen LogP contribution in [-0.2, 0) is 10.0 Å². The van der Waals surface area contributed by atoms with Gasteiger partial charge in [0.1, 0.15) is 0 Å². The molecule has 1 unspecified atom stereocenters. The maximum Gasteiger partial charge on any atom is 0.227 e. The Kier molecular flexibility index (Phi) is 5.67. The summed E-state index contributed by atoms with van der Waals surface area (Å²) in [6.07, 6.45) is 2.88. The predicted molar refractivity (Wildman–Crippen MR) is 51.5 cm³/mol. The molecule has 0 saturated heterocycles. The molecule has 0 aliphatic rings. The van der Waals surface area contributed by atoms with Gasteiger partial charge in [-0.25, -0.2) is 13.1 Å². The van der Waals surface area contributed by atoms with Crippen LogP contribution in [0.4, 0.5) is 0 Å². The van der Waals surface area contributed by atoms with Crippen molar-refractivity contribution in [3.05, 3.63) is 0 Å². The molecule has 0 radical (unpaired) electrons. The molecule has 5 heteroatoms. The number of sulfonamides is 1. The normalized spacial score (nSPS) is 13.6. The fraction of sp³-hybridized carbons (Fsp3) is 0.875. The average Bonchev–Trinajstić information content (AvgIpc) is 2.11. The van der Waals surface area contributed by atoms with Gasteiger partial charge in [0.15, 0.2) is 5.25 Å². The third kappa shape index (κ3) is 4.86. The molecule has 0 aliphatic heterocycles. The molecule has 0 amide bonds. The molecule has 0 aromatic heterocycles. The average molecular weight is 204 g/mol. The molecule has 0 bridgehead atoms. The summed E-state index contributed by atoms with van der Waals surface area (Å²) >= 11 is 0. The van der Waals surface area contributed by atoms with Gasteiger partial charge in [-0.2, -0.15) is 5.26 Å². The van der Waals surface area contributed by atoms with Crippen molar-refractivity contribution in [2.75, 3.05) is 6.54 Å². The highest BCUT2D eigenvalue weighted by Crippen LogP contribution is 1.97. The highest BCUT2D eigenvalue weighted by molar-refractivity contribution is 7.90. The van der Waals surface area contributed by atoms with Crippen LogP contribution in [-0.4, -0.2) is 20.2 Å². The minimum atomic E-state index is -3.40. The predicted octanol–water partition coefficient (Wildman–Crippen LogP) is 1.01. The lowest BCUT2D eigenvalue weighted by Gasteiger charge is -2.06. The van der Waals surface area contributed by atoms with Crippen molar-refractivity contribution in [1.82, 2.24) is 4.72 Å². The van der Waals surface area contributed by atoms with Crippen LogP contribution in [0.1, 0.15) is 33.1 Å². The zero-order valence-corrected chi connectivity index (χ0v) is 8.89. The van der Waals surface area contributed by atoms with Crippen LogP contribution in [0.25, 0.3) is 0 Å². The lowest BCUT2D eigenvalue weighted by molar-refractivity contribution is 0.571. The number of unbranched alkanes of at least 4 members (excludes halogenated alkanes) is 2. The summed E-state index contributed by atoms with van der Waals surface area (Å²) in [6, 6.07) is 1.70. The fourth-order valence-electron chi connectivity index (χ4n) is 0.784. The minimum Gasteiger partial charge on any atom is -0.214 e. The van der Waals surface area contributed by atoms with Crippen LogP contribution in [0.2, 0.25) is 0 Å². The van der Waals surface area contributed by atoms with Crippen LogP contribution >= 0.6 is 0 Å². The third-order valence-electron chi connectivity index (χ3n) is 1.73. The minimum absolute atomic E-state index is 0.433. The first-order chi connectivity index (χ1) is 6.04. The van der Waals surface area contributed by atoms with E-state index in [1.807, 2.05) is 6.92 Å². The molecule has 13 heavy (non-hydrogen) atoms. The third-order valence-corrected chi connectivity index (χ3v) is 3.37. The number of nitrogens with one attached hydrogen (secondary N) is 1. The molecule has 0 aromatic carbocycles. The van der Waals surface area contributed by atoms with E-state index in [2.05, 4.69) is 4.72 Å². The monoisotopic (exact) mass is 204 g/mol. The Bertz CT molecular complexity index is 266. The Hall–Kier alpha value is -0.600. The highest BCUT2D eigenvalue weighted by Gasteiger charge is 2.18. The molecular formula is C8H16N2O2S. The van der Waals surface area contributed by atoms with Crippen LogP contribution in [0.15, 0.2) is 0 Å². The van der Waals surface area contributed by atoms with E-state index in [4.69, 9.17) is 5.26 Å². The topological polar surface area (TPSA) is 70.0 Å². The first-order valence-electron chi connectivity index (χ1n) is 4.42. The van der Waals surface area contributed by atoms with Crippen LogP contribution in [0, 0.1) is 11.3 Å². The van der Waals surface area contributed by atoms with E-state index in [9.17, 15) is 8.42 Å². The van der Waals surface area contributed by atoms with Gasteiger partial charge in [0.2, 0.25) is 10.0 Å². The molecule has 0 aliphatic carbocycles. The zero-order chi connectivity index (χ0) is 10.3. The summed E-state index contributed by atoms with van der Waals surface area (Å²) < 4.78 is 24.8. The van der Waals surface area contributed by atoms with E-state index >= 15 is 0 Å². The van der Waals surface area contributed by atoms with Crippen LogP contribution in [0.3, 0.4) is 0 Å². The molecule has 0 spiro atoms. The molecule has 0 fully saturated rings. The van der Waals surface area contributed by atoms with E-state index in [-0.39, 0.29) is 0 Å². The highest BCUT2D eigenvalue weighted by atomic mass is 32.2. The van der Waals surface area contributed by atoms with Crippen molar-refractivity contribution in [2.24, 2.45) is 0 Å². The molecule has 76 valence electrons. The molecule has 0 rings (SSSR count). The van der Waals surface area contributed by atoms with Gasteiger partial charge in [-0.3, -0.25) is 0 Å². The maximum absolute atomic E-state index is 11.2. The Morgan fingerprint density at radius 1 is 1.46 bits per heavy atom. The second-order valence-corrected chi connectivity index (χ2v) is 5.00. The number of hydrogen-bond donors (Lipinski definition) is 1. The van der Waals surface area contributed by atoms with Crippen molar-refractivity contribution in [3.8, 4) is 6.07 Å². The summed E-state index contributed by atoms with van der Waals surface area (Å²) in [5.74, 6) is 0. The van der Waals surface area contributed by atoms with Gasteiger partial charge >= 0.3 is 0 Å². The van der Waals surface area contributed by atoms with Crippen LogP contribution in [0.5, 0.6) is 0 Å². The van der Waals surface area contributed by atoms with E-state index in [1.165, 1.54) is 6.92 Å². The van der Waals surface area contributed by atoms with Crippen molar-refractivity contribution in [2.45, 2.75) is 38.4 Å². The van der Waals surface area contributed by atoms with Crippen molar-refractivity contribution in [3.63, 3.8) is 0 Å². The van der Waals surface area contributed by atoms with Crippen molar-refractivity contribution in [1.29, 1.82) is 5.26 Å². The largest absolute Gasteiger partial charge is 0.227 e. The Morgan fingerprint density at radius 2 is 2.08 bits per heavy atom. The first-order valence-corrected chi connectivity index (χ1v) is 5.97. The van der Waals surface area contributed by atoms with E-state index in [1.54, 1.807) is 6.07 Å². The summed E-state index contributed by atoms with van der Waals surface area (Å²) in [4.78, 5) is 0. The van der Waals surface area contributed by atoms with Gasteiger partial charge in [0.25, 0.3) is 0 Å². The molecule has 0 saturated carbocycles. The van der Waals surface area contributed by atoms with Gasteiger partial charge in [-0.05, 0) is 13.3 Å². The number of hydrogen-bond acceptors (Lipinski definition) is 3. The second-order valence-electron chi connectivity index (χ2n) is 2.92. The Labute approximate surface area is 80.0 Å². The maximum atomic E-state index is 11.2. The van der Waals surface area contributed by atoms with E-state index < -0.39 is 15.3 Å². The summed E-state index contributed by atoms with van der Waals surface area (Å²) in [5, 5.41) is 7.44. The molecule has 0 heterocycles. The molecule has 0 aromatic rings. The summed E-state index contributed by atoms with van der Waals surface area (Å²) in [5.41, 5.74) is 0. The SMILES string of the molecule is CCCCCNS(=O)(=O)C(C)C#N. The Morgan fingerprint density at radius 3 is 2.54 bits per heavy atom. The lowest BCUT2D eigenvalue weighted by atomic mass is 10.3. The Balaban J connectivity index is 3.86. The smallest absolute Gasteiger partial charge is 0.214 e. The molecule has 1 N–H and O–H groups in total. The fourth-order valence-corrected chi connectivity index (χ4v) is 1.60. The van der Waals surface area contributed by atoms with Gasteiger partial charge in [0.05, 0.1) is 6.07 Å². The van der Waals surface area contributed by atoms with E-state index in [0.717, 1.165) is 19.3 Å². The van der Waals surface area contributed by atoms with Gasteiger partial charge < -0.3 is 0 Å². The molecular weight excluding hydrogens is 188 g/mol. The van der Waals surface area contributed by atoms with Gasteiger partial charge in [-0.15, -0.1) is 0 Å². The standard InChI is InChI=1S/C8H16N2O2S/c1-3-4-5-6-10-13(11,12)8(2)7-9/h8,10H,3-6H2,1-2H3. The lowest BCUT2D eigenvalue weighted by Crippen LogP contribution is -2.32. The number of nitriles is 1. The summed E-state index contributed by atoms with van der Waals surface area (Å²) in [6.45, 7) is 3.86. The first kappa shape index (κ1) is 12.4. The van der Waals surface area contributed by atoms with Crippen molar-refractivity contribution >= 4 is 10.0 Å². The van der Waals surface area contributed by atoms with Crippen molar-refractivity contribution < 1.29 is 8.42 Å². The zero-order valence-electron chi connectivity index (χ0n) is 8.08. The second kappa shape index (κ2) is 5.95. The molecule has 1 atom stereocenters. The van der Waals surface area contributed by atoms with E-state index in [0.29, 0.717) is 6.54 Å². The quantitative estimate of drug-likeness (QED) is 0.656. The molecule has 4 nitrogen and oxygen atoms in total.